The Morgan fingerprint density at radius 3 is 1.67 bits per heavy atom. The average Bonchev–Trinajstić information content (AvgIpc) is 2.48. The van der Waals surface area contributed by atoms with Crippen molar-refractivity contribution in [1.82, 2.24) is 0 Å². The fourth-order valence-corrected chi connectivity index (χ4v) is 2.46. The summed E-state index contributed by atoms with van der Waals surface area (Å²) in [6.07, 6.45) is 0. The quantitative estimate of drug-likeness (QED) is 0.698. The second kappa shape index (κ2) is 9.40. The molecule has 0 aromatic heterocycles. The van der Waals surface area contributed by atoms with Crippen molar-refractivity contribution in [2.75, 3.05) is 39.6 Å². The summed E-state index contributed by atoms with van der Waals surface area (Å²) in [4.78, 5) is 0. The van der Waals surface area contributed by atoms with E-state index >= 15 is 0 Å². The van der Waals surface area contributed by atoms with Crippen molar-refractivity contribution >= 4 is 0 Å². The second-order valence-corrected chi connectivity index (χ2v) is 7.98. The lowest BCUT2D eigenvalue weighted by Gasteiger charge is -2.29. The van der Waals surface area contributed by atoms with Gasteiger partial charge in [-0.3, -0.25) is 0 Å². The molecule has 0 aliphatic carbocycles. The van der Waals surface area contributed by atoms with Crippen LogP contribution in [0.25, 0.3) is 0 Å². The van der Waals surface area contributed by atoms with Gasteiger partial charge in [-0.2, -0.15) is 0 Å². The Labute approximate surface area is 147 Å². The van der Waals surface area contributed by atoms with E-state index in [9.17, 15) is 0 Å². The van der Waals surface area contributed by atoms with Crippen LogP contribution < -0.4 is 4.74 Å². The predicted octanol–water partition coefficient (Wildman–Crippen LogP) is 3.69. The van der Waals surface area contributed by atoms with E-state index < -0.39 is 0 Å². The van der Waals surface area contributed by atoms with Gasteiger partial charge in [0, 0.05) is 0 Å². The Morgan fingerprint density at radius 1 is 0.750 bits per heavy atom. The van der Waals surface area contributed by atoms with Crippen LogP contribution in [0.4, 0.5) is 0 Å². The molecule has 0 aliphatic rings. The monoisotopic (exact) mass is 338 g/mol. The average molecular weight is 338 g/mol. The number of hydrogen-bond acceptors (Lipinski definition) is 4. The van der Waals surface area contributed by atoms with Gasteiger partial charge in [-0.25, -0.2) is 0 Å². The molecule has 1 N–H and O–H groups in total. The zero-order valence-electron chi connectivity index (χ0n) is 16.1. The molecule has 4 heteroatoms. The van der Waals surface area contributed by atoms with Crippen LogP contribution in [-0.4, -0.2) is 44.7 Å². The molecule has 0 heterocycles. The predicted molar refractivity (Wildman–Crippen MR) is 98.1 cm³/mol. The molecular formula is C20H34O4. The van der Waals surface area contributed by atoms with Gasteiger partial charge in [0.05, 0.1) is 33.0 Å². The molecule has 1 aromatic rings. The zero-order valence-corrected chi connectivity index (χ0v) is 16.1. The highest BCUT2D eigenvalue weighted by atomic mass is 16.5. The molecule has 4 nitrogen and oxygen atoms in total. The summed E-state index contributed by atoms with van der Waals surface area (Å²) in [7, 11) is 0. The van der Waals surface area contributed by atoms with Crippen molar-refractivity contribution in [2.45, 2.75) is 52.4 Å². The largest absolute Gasteiger partial charge is 0.491 e. The van der Waals surface area contributed by atoms with Crippen LogP contribution in [0, 0.1) is 0 Å². The van der Waals surface area contributed by atoms with E-state index in [2.05, 4.69) is 59.7 Å². The van der Waals surface area contributed by atoms with Crippen molar-refractivity contribution in [3.05, 3.63) is 29.3 Å². The van der Waals surface area contributed by atoms with Gasteiger partial charge >= 0.3 is 0 Å². The Bertz CT molecular complexity index is 451. The summed E-state index contributed by atoms with van der Waals surface area (Å²) in [6.45, 7) is 15.7. The number of benzene rings is 1. The van der Waals surface area contributed by atoms with Crippen molar-refractivity contribution in [1.29, 1.82) is 0 Å². The van der Waals surface area contributed by atoms with E-state index in [1.807, 2.05) is 0 Å². The molecule has 0 saturated heterocycles. The summed E-state index contributed by atoms with van der Waals surface area (Å²) < 4.78 is 16.8. The molecule has 0 aliphatic heterocycles. The minimum atomic E-state index is 0.0234. The molecule has 1 rings (SSSR count). The number of para-hydroxylation sites is 1. The van der Waals surface area contributed by atoms with E-state index in [0.717, 1.165) is 5.75 Å². The molecule has 0 bridgehead atoms. The van der Waals surface area contributed by atoms with Gasteiger partial charge in [0.15, 0.2) is 0 Å². The molecule has 0 fully saturated rings. The normalized spacial score (nSPS) is 12.5. The van der Waals surface area contributed by atoms with E-state index in [1.54, 1.807) is 0 Å². The minimum absolute atomic E-state index is 0.0234. The number of ether oxygens (including phenoxy) is 3. The van der Waals surface area contributed by atoms with E-state index in [0.29, 0.717) is 33.0 Å². The molecule has 0 saturated carbocycles. The summed E-state index contributed by atoms with van der Waals surface area (Å²) in [6, 6.07) is 6.41. The van der Waals surface area contributed by atoms with Crippen molar-refractivity contribution in [3.8, 4) is 5.75 Å². The number of aliphatic hydroxyl groups excluding tert-OH is 1. The first-order chi connectivity index (χ1) is 11.2. The van der Waals surface area contributed by atoms with E-state index in [4.69, 9.17) is 19.3 Å². The number of hydrogen-bond donors (Lipinski definition) is 1. The third kappa shape index (κ3) is 6.80. The standard InChI is InChI=1S/C20H34O4/c1-19(2,3)16-8-7-9-17(20(4,5)6)18(16)24-15-14-23-13-12-22-11-10-21/h7-9,21H,10-15H2,1-6H3. The lowest BCUT2D eigenvalue weighted by molar-refractivity contribution is 0.0244. The van der Waals surface area contributed by atoms with Gasteiger partial charge in [-0.05, 0) is 22.0 Å². The summed E-state index contributed by atoms with van der Waals surface area (Å²) in [5.74, 6) is 0.984. The first-order valence-corrected chi connectivity index (χ1v) is 8.71. The highest BCUT2D eigenvalue weighted by Crippen LogP contribution is 2.39. The fraction of sp³-hybridized carbons (Fsp3) is 0.700. The molecule has 0 radical (unpaired) electrons. The highest BCUT2D eigenvalue weighted by Gasteiger charge is 2.26. The molecule has 0 amide bonds. The molecular weight excluding hydrogens is 304 g/mol. The van der Waals surface area contributed by atoms with E-state index in [-0.39, 0.29) is 17.4 Å². The SMILES string of the molecule is CC(C)(C)c1cccc(C(C)(C)C)c1OCCOCCOCCO. The summed E-state index contributed by atoms with van der Waals surface area (Å²) in [5, 5.41) is 8.63. The van der Waals surface area contributed by atoms with Crippen LogP contribution >= 0.6 is 0 Å². The van der Waals surface area contributed by atoms with Gasteiger partial charge in [0.25, 0.3) is 0 Å². The van der Waals surface area contributed by atoms with Gasteiger partial charge in [-0.1, -0.05) is 59.7 Å². The third-order valence-corrected chi connectivity index (χ3v) is 3.71. The molecule has 24 heavy (non-hydrogen) atoms. The molecule has 0 spiro atoms. The van der Waals surface area contributed by atoms with Gasteiger partial charge in [0.2, 0.25) is 0 Å². The van der Waals surface area contributed by atoms with Crippen LogP contribution in [0.3, 0.4) is 0 Å². The van der Waals surface area contributed by atoms with E-state index in [1.165, 1.54) is 11.1 Å². The maximum atomic E-state index is 8.63. The maximum absolute atomic E-state index is 8.63. The lowest BCUT2D eigenvalue weighted by atomic mass is 9.79. The van der Waals surface area contributed by atoms with Crippen molar-refractivity contribution in [3.63, 3.8) is 0 Å². The summed E-state index contributed by atoms with van der Waals surface area (Å²) >= 11 is 0. The van der Waals surface area contributed by atoms with Gasteiger partial charge in [0.1, 0.15) is 12.4 Å². The molecule has 0 unspecified atom stereocenters. The Balaban J connectivity index is 2.68. The first-order valence-electron chi connectivity index (χ1n) is 8.71. The Hall–Kier alpha value is -1.10. The van der Waals surface area contributed by atoms with Crippen LogP contribution in [0.1, 0.15) is 52.7 Å². The minimum Gasteiger partial charge on any atom is -0.491 e. The van der Waals surface area contributed by atoms with Crippen LogP contribution in [-0.2, 0) is 20.3 Å². The Kier molecular flexibility index (Phi) is 8.20. The van der Waals surface area contributed by atoms with Gasteiger partial charge in [-0.15, -0.1) is 0 Å². The highest BCUT2D eigenvalue weighted by molar-refractivity contribution is 5.48. The first kappa shape index (κ1) is 20.9. The van der Waals surface area contributed by atoms with Crippen LogP contribution in [0.2, 0.25) is 0 Å². The van der Waals surface area contributed by atoms with Crippen LogP contribution in [0.15, 0.2) is 18.2 Å². The molecule has 138 valence electrons. The van der Waals surface area contributed by atoms with Crippen molar-refractivity contribution in [2.24, 2.45) is 0 Å². The number of aliphatic hydroxyl groups is 1. The maximum Gasteiger partial charge on any atom is 0.126 e. The topological polar surface area (TPSA) is 47.9 Å². The zero-order chi connectivity index (χ0) is 18.2. The fourth-order valence-electron chi connectivity index (χ4n) is 2.46. The second-order valence-electron chi connectivity index (χ2n) is 7.98. The number of rotatable bonds is 9. The van der Waals surface area contributed by atoms with Crippen LogP contribution in [0.5, 0.6) is 5.75 Å². The van der Waals surface area contributed by atoms with Crippen molar-refractivity contribution < 1.29 is 19.3 Å². The third-order valence-electron chi connectivity index (χ3n) is 3.71. The van der Waals surface area contributed by atoms with Gasteiger partial charge < -0.3 is 19.3 Å². The summed E-state index contributed by atoms with van der Waals surface area (Å²) in [5.41, 5.74) is 2.49. The molecule has 1 aromatic carbocycles. The molecule has 0 atom stereocenters. The lowest BCUT2D eigenvalue weighted by Crippen LogP contribution is -2.21. The Morgan fingerprint density at radius 2 is 1.21 bits per heavy atom. The smallest absolute Gasteiger partial charge is 0.126 e.